The van der Waals surface area contributed by atoms with E-state index in [2.05, 4.69) is 0 Å². The molecule has 0 saturated heterocycles. The van der Waals surface area contributed by atoms with E-state index >= 15 is 0 Å². The molecule has 0 heterocycles. The van der Waals surface area contributed by atoms with Crippen LogP contribution in [0.3, 0.4) is 0 Å². The average Bonchev–Trinajstić information content (AvgIpc) is 2.58. The number of nitrogens with zero attached hydrogens (tertiary/aromatic N) is 1. The zero-order valence-electron chi connectivity index (χ0n) is 16.3. The Bertz CT molecular complexity index is 670. The van der Waals surface area contributed by atoms with Crippen LogP contribution >= 0.6 is 0 Å². The van der Waals surface area contributed by atoms with Crippen LogP contribution in [0, 0.1) is 0 Å². The third-order valence-electron chi connectivity index (χ3n) is 4.79. The Morgan fingerprint density at radius 2 is 1.96 bits per heavy atom. The van der Waals surface area contributed by atoms with Crippen molar-refractivity contribution in [3.63, 3.8) is 0 Å². The fourth-order valence-electron chi connectivity index (χ4n) is 3.64. The smallest absolute Gasteiger partial charge is 0.307 e. The molecule has 0 aliphatic heterocycles. The SMILES string of the molecule is COC(=O)C[C@@]1(N(CC(C)=O)[S+]([O-])C(C)(C)C)CCCc2ccccc21. The molecule has 0 radical (unpaired) electrons. The van der Waals surface area contributed by atoms with Crippen molar-refractivity contribution in [2.45, 2.75) is 63.7 Å². The van der Waals surface area contributed by atoms with Gasteiger partial charge in [0.15, 0.2) is 0 Å². The number of rotatable bonds is 6. The molecule has 0 aromatic heterocycles. The van der Waals surface area contributed by atoms with Gasteiger partial charge in [0.05, 0.1) is 13.5 Å². The first-order valence-corrected chi connectivity index (χ1v) is 10.1. The van der Waals surface area contributed by atoms with E-state index in [-0.39, 0.29) is 24.7 Å². The van der Waals surface area contributed by atoms with Crippen molar-refractivity contribution in [3.8, 4) is 0 Å². The molecule has 0 bridgehead atoms. The molecule has 26 heavy (non-hydrogen) atoms. The second kappa shape index (κ2) is 8.11. The van der Waals surface area contributed by atoms with E-state index in [0.717, 1.165) is 24.0 Å². The lowest BCUT2D eigenvalue weighted by Crippen LogP contribution is -2.57. The van der Waals surface area contributed by atoms with Crippen molar-refractivity contribution < 1.29 is 18.9 Å². The van der Waals surface area contributed by atoms with Gasteiger partial charge in [-0.05, 0) is 58.1 Å². The van der Waals surface area contributed by atoms with Gasteiger partial charge in [-0.2, -0.15) is 0 Å². The molecular weight excluding hydrogens is 350 g/mol. The Balaban J connectivity index is 2.65. The predicted octanol–water partition coefficient (Wildman–Crippen LogP) is 3.13. The summed E-state index contributed by atoms with van der Waals surface area (Å²) in [4.78, 5) is 24.4. The Morgan fingerprint density at radius 1 is 1.31 bits per heavy atom. The van der Waals surface area contributed by atoms with E-state index in [4.69, 9.17) is 4.74 Å². The molecule has 0 N–H and O–H groups in total. The summed E-state index contributed by atoms with van der Waals surface area (Å²) in [6, 6.07) is 7.95. The zero-order chi connectivity index (χ0) is 19.5. The monoisotopic (exact) mass is 379 g/mol. The van der Waals surface area contributed by atoms with Crippen LogP contribution in [-0.2, 0) is 37.6 Å². The molecule has 1 unspecified atom stereocenters. The summed E-state index contributed by atoms with van der Waals surface area (Å²) in [5, 5.41) is 0. The molecule has 0 saturated carbocycles. The highest BCUT2D eigenvalue weighted by Gasteiger charge is 2.52. The third-order valence-corrected chi connectivity index (χ3v) is 6.71. The van der Waals surface area contributed by atoms with Gasteiger partial charge in [0.25, 0.3) is 0 Å². The fourth-order valence-corrected chi connectivity index (χ4v) is 5.17. The molecular formula is C20H29NO4S. The largest absolute Gasteiger partial charge is 0.597 e. The van der Waals surface area contributed by atoms with E-state index in [1.165, 1.54) is 14.0 Å². The van der Waals surface area contributed by atoms with Gasteiger partial charge in [-0.25, -0.2) is 0 Å². The zero-order valence-corrected chi connectivity index (χ0v) is 17.1. The Labute approximate surface area is 159 Å². The van der Waals surface area contributed by atoms with Crippen molar-refractivity contribution in [2.24, 2.45) is 0 Å². The van der Waals surface area contributed by atoms with Crippen molar-refractivity contribution in [3.05, 3.63) is 35.4 Å². The molecule has 1 aromatic carbocycles. The number of esters is 1. The first-order chi connectivity index (χ1) is 12.1. The van der Waals surface area contributed by atoms with Crippen LogP contribution in [0.2, 0.25) is 0 Å². The first-order valence-electron chi connectivity index (χ1n) is 8.96. The molecule has 2 rings (SSSR count). The number of Topliss-reactive ketones (excluding diaryl/α,β-unsaturated/α-hetero) is 1. The van der Waals surface area contributed by atoms with Crippen LogP contribution in [0.5, 0.6) is 0 Å². The van der Waals surface area contributed by atoms with Gasteiger partial charge >= 0.3 is 5.97 Å². The number of ether oxygens (including phenoxy) is 1. The van der Waals surface area contributed by atoms with Crippen molar-refractivity contribution in [2.75, 3.05) is 13.7 Å². The molecule has 144 valence electrons. The normalized spacial score (nSPS) is 21.2. The minimum Gasteiger partial charge on any atom is -0.597 e. The molecule has 1 aliphatic rings. The van der Waals surface area contributed by atoms with Crippen LogP contribution < -0.4 is 0 Å². The summed E-state index contributed by atoms with van der Waals surface area (Å²) in [5.41, 5.74) is 1.32. The maximum atomic E-state index is 13.4. The highest BCUT2D eigenvalue weighted by atomic mass is 32.2. The van der Waals surface area contributed by atoms with Gasteiger partial charge in [-0.15, -0.1) is 4.31 Å². The topological polar surface area (TPSA) is 69.7 Å². The Hall–Kier alpha value is -1.37. The van der Waals surface area contributed by atoms with E-state index in [0.29, 0.717) is 6.42 Å². The molecule has 1 aliphatic carbocycles. The van der Waals surface area contributed by atoms with Crippen LogP contribution in [-0.4, -0.2) is 39.0 Å². The van der Waals surface area contributed by atoms with E-state index in [1.807, 2.05) is 45.0 Å². The summed E-state index contributed by atoms with van der Waals surface area (Å²) in [5.74, 6) is -0.434. The number of carbonyl (C=O) groups excluding carboxylic acids is 2. The summed E-state index contributed by atoms with van der Waals surface area (Å²) in [6.07, 6.45) is 2.52. The summed E-state index contributed by atoms with van der Waals surface area (Å²) in [6.45, 7) is 7.19. The molecule has 6 heteroatoms. The van der Waals surface area contributed by atoms with Crippen LogP contribution in [0.25, 0.3) is 0 Å². The maximum Gasteiger partial charge on any atom is 0.307 e. The van der Waals surface area contributed by atoms with Crippen LogP contribution in [0.1, 0.15) is 58.1 Å². The lowest BCUT2D eigenvalue weighted by Gasteiger charge is -2.47. The first kappa shape index (κ1) is 20.9. The van der Waals surface area contributed by atoms with Crippen LogP contribution in [0.4, 0.5) is 0 Å². The van der Waals surface area contributed by atoms with E-state index in [9.17, 15) is 14.1 Å². The molecule has 5 nitrogen and oxygen atoms in total. The van der Waals surface area contributed by atoms with E-state index in [1.54, 1.807) is 4.31 Å². The second-order valence-electron chi connectivity index (χ2n) is 7.90. The lowest BCUT2D eigenvalue weighted by atomic mass is 9.74. The maximum absolute atomic E-state index is 13.4. The summed E-state index contributed by atoms with van der Waals surface area (Å²) >= 11 is -1.45. The molecule has 0 fully saturated rings. The van der Waals surface area contributed by atoms with Crippen LogP contribution in [0.15, 0.2) is 24.3 Å². The number of hydrogen-bond donors (Lipinski definition) is 0. The van der Waals surface area contributed by atoms with Gasteiger partial charge in [0.2, 0.25) is 0 Å². The van der Waals surface area contributed by atoms with Crippen molar-refractivity contribution in [1.29, 1.82) is 0 Å². The quantitative estimate of drug-likeness (QED) is 0.561. The number of benzene rings is 1. The molecule has 0 spiro atoms. The highest BCUT2D eigenvalue weighted by Crippen LogP contribution is 2.46. The van der Waals surface area contributed by atoms with Gasteiger partial charge in [-0.1, -0.05) is 24.3 Å². The minimum absolute atomic E-state index is 0.0369. The minimum atomic E-state index is -1.45. The Kier molecular flexibility index (Phi) is 6.53. The van der Waals surface area contributed by atoms with Crippen molar-refractivity contribution in [1.82, 2.24) is 4.31 Å². The average molecular weight is 380 g/mol. The Morgan fingerprint density at radius 3 is 2.54 bits per heavy atom. The number of hydrogen-bond acceptors (Lipinski definition) is 5. The molecule has 1 aromatic rings. The molecule has 2 atom stereocenters. The third kappa shape index (κ3) is 4.30. The number of aryl methyl sites for hydroxylation is 1. The predicted molar refractivity (Wildman–Crippen MR) is 103 cm³/mol. The standard InChI is InChI=1S/C20H29NO4S/c1-15(22)14-21(26(24)19(2,3)4)20(13-18(23)25-5)12-8-10-16-9-6-7-11-17(16)20/h6-7,9,11H,8,10,12-14H2,1-5H3/t20-,26?/m0/s1. The number of carbonyl (C=O) groups is 2. The van der Waals surface area contributed by atoms with Gasteiger partial charge in [0.1, 0.15) is 22.6 Å². The van der Waals surface area contributed by atoms with Gasteiger partial charge in [-0.3, -0.25) is 9.59 Å². The van der Waals surface area contributed by atoms with E-state index < -0.39 is 21.6 Å². The summed E-state index contributed by atoms with van der Waals surface area (Å²) < 4.78 is 19.6. The number of fused-ring (bicyclic) bond motifs is 1. The summed E-state index contributed by atoms with van der Waals surface area (Å²) in [7, 11) is 1.36. The lowest BCUT2D eigenvalue weighted by molar-refractivity contribution is -0.144. The molecule has 0 amide bonds. The number of ketones is 1. The fraction of sp³-hybridized carbons (Fsp3) is 0.600. The van der Waals surface area contributed by atoms with Gasteiger partial charge in [0, 0.05) is 11.4 Å². The highest BCUT2D eigenvalue weighted by molar-refractivity contribution is 7.90. The van der Waals surface area contributed by atoms with Gasteiger partial charge < -0.3 is 9.29 Å². The second-order valence-corrected chi connectivity index (χ2v) is 10.1. The number of methoxy groups -OCH3 is 1. The van der Waals surface area contributed by atoms with Crippen molar-refractivity contribution >= 4 is 23.1 Å².